The highest BCUT2D eigenvalue weighted by Crippen LogP contribution is 2.23. The molecule has 20 heavy (non-hydrogen) atoms. The van der Waals surface area contributed by atoms with Crippen LogP contribution in [0.15, 0.2) is 60.9 Å². The Kier molecular flexibility index (Phi) is 5.03. The summed E-state index contributed by atoms with van der Waals surface area (Å²) in [5, 5.41) is 3.83. The first-order valence-corrected chi connectivity index (χ1v) is 6.80. The quantitative estimate of drug-likeness (QED) is 0.603. The Morgan fingerprint density at radius 1 is 0.800 bits per heavy atom. The van der Waals surface area contributed by atoms with E-state index in [1.165, 1.54) is 10.8 Å². The van der Waals surface area contributed by atoms with Crippen molar-refractivity contribution in [2.24, 2.45) is 0 Å². The molecule has 4 heteroatoms. The second-order valence-corrected chi connectivity index (χ2v) is 5.26. The van der Waals surface area contributed by atoms with Crippen molar-refractivity contribution in [1.82, 2.24) is 0 Å². The lowest BCUT2D eigenvalue weighted by atomic mass is 10.1. The van der Waals surface area contributed by atoms with E-state index in [-0.39, 0.29) is 17.0 Å². The molecule has 0 saturated carbocycles. The van der Waals surface area contributed by atoms with Gasteiger partial charge < -0.3 is 17.0 Å². The Labute approximate surface area is 138 Å². The van der Waals surface area contributed by atoms with E-state index in [1.807, 2.05) is 36.5 Å². The zero-order valence-electron chi connectivity index (χ0n) is 10.6. The summed E-state index contributed by atoms with van der Waals surface area (Å²) in [4.78, 5) is 0. The van der Waals surface area contributed by atoms with Gasteiger partial charge in [0.25, 0.3) is 0 Å². The first-order chi connectivity index (χ1) is 9.24. The Bertz CT molecular complexity index is 723. The second kappa shape index (κ2) is 6.57. The maximum atomic E-state index is 6.20. The van der Waals surface area contributed by atoms with Gasteiger partial charge in [0.2, 0.25) is 0 Å². The van der Waals surface area contributed by atoms with Crippen LogP contribution in [0, 0.1) is 0 Å². The molecule has 1 aromatic heterocycles. The fourth-order valence-corrected chi connectivity index (χ4v) is 2.66. The number of fused-ring (bicyclic) bond motifs is 1. The maximum Gasteiger partial charge on any atom is 0.176 e. The molecule has 1 nitrogen and oxygen atoms in total. The zero-order chi connectivity index (χ0) is 13.2. The lowest BCUT2D eigenvalue weighted by Crippen LogP contribution is -3.00. The molecule has 0 fully saturated rings. The summed E-state index contributed by atoms with van der Waals surface area (Å²) < 4.78 is 2.09. The summed E-state index contributed by atoms with van der Waals surface area (Å²) >= 11 is 12.4. The topological polar surface area (TPSA) is 3.88 Å². The summed E-state index contributed by atoms with van der Waals surface area (Å²) in [6.45, 7) is 0.670. The first kappa shape index (κ1) is 15.3. The monoisotopic (exact) mass is 367 g/mol. The molecule has 1 heterocycles. The zero-order valence-corrected chi connectivity index (χ0v) is 13.7. The van der Waals surface area contributed by atoms with Crippen LogP contribution >= 0.6 is 23.2 Å². The van der Waals surface area contributed by atoms with Gasteiger partial charge >= 0.3 is 0 Å². The van der Waals surface area contributed by atoms with Gasteiger partial charge in [-0.2, -0.15) is 0 Å². The van der Waals surface area contributed by atoms with E-state index in [0.717, 1.165) is 5.56 Å². The minimum atomic E-state index is 0. The van der Waals surface area contributed by atoms with E-state index < -0.39 is 0 Å². The van der Waals surface area contributed by atoms with Crippen molar-refractivity contribution in [2.45, 2.75) is 6.54 Å². The normalized spacial score (nSPS) is 10.3. The highest BCUT2D eigenvalue weighted by atomic mass is 79.9. The SMILES string of the molecule is Clc1cccc(Cl)c1C[n+]1ccc2ccccc2c1.[Br-]. The number of hydrogen-bond donors (Lipinski definition) is 0. The van der Waals surface area contributed by atoms with Gasteiger partial charge in [0.15, 0.2) is 18.9 Å². The third-order valence-corrected chi connectivity index (χ3v) is 3.86. The second-order valence-electron chi connectivity index (χ2n) is 4.45. The van der Waals surface area contributed by atoms with Gasteiger partial charge in [0.05, 0.1) is 15.6 Å². The van der Waals surface area contributed by atoms with Crippen molar-refractivity contribution >= 4 is 34.0 Å². The highest BCUT2D eigenvalue weighted by Gasteiger charge is 2.11. The molecular formula is C16H12BrCl2N. The Hall–Kier alpha value is -1.09. The number of hydrogen-bond acceptors (Lipinski definition) is 0. The van der Waals surface area contributed by atoms with Crippen molar-refractivity contribution in [2.75, 3.05) is 0 Å². The first-order valence-electron chi connectivity index (χ1n) is 6.05. The largest absolute Gasteiger partial charge is 1.00 e. The van der Waals surface area contributed by atoms with Crippen LogP contribution in [0.3, 0.4) is 0 Å². The number of halogens is 3. The molecule has 0 bridgehead atoms. The standard InChI is InChI=1S/C16H12Cl2N.BrH/c17-15-6-3-7-16(18)14(15)11-19-9-8-12-4-1-2-5-13(12)10-19;/h1-10H,11H2;1H/q+1;/p-1. The lowest BCUT2D eigenvalue weighted by Gasteiger charge is -2.04. The van der Waals surface area contributed by atoms with Crippen molar-refractivity contribution in [3.8, 4) is 0 Å². The van der Waals surface area contributed by atoms with E-state index in [1.54, 1.807) is 0 Å². The molecule has 0 radical (unpaired) electrons. The van der Waals surface area contributed by atoms with Crippen LogP contribution in [0.25, 0.3) is 10.8 Å². The highest BCUT2D eigenvalue weighted by molar-refractivity contribution is 6.35. The summed E-state index contributed by atoms with van der Waals surface area (Å²) in [7, 11) is 0. The van der Waals surface area contributed by atoms with Crippen LogP contribution in [0.1, 0.15) is 5.56 Å². The van der Waals surface area contributed by atoms with Gasteiger partial charge in [-0.05, 0) is 23.6 Å². The van der Waals surface area contributed by atoms with Crippen LogP contribution in [-0.2, 0) is 6.54 Å². The summed E-state index contributed by atoms with van der Waals surface area (Å²) in [5.41, 5.74) is 0.950. The molecule has 0 aliphatic carbocycles. The summed E-state index contributed by atoms with van der Waals surface area (Å²) in [5.74, 6) is 0. The lowest BCUT2D eigenvalue weighted by molar-refractivity contribution is -0.687. The minimum Gasteiger partial charge on any atom is -1.00 e. The van der Waals surface area contributed by atoms with Gasteiger partial charge in [-0.25, -0.2) is 4.57 Å². The van der Waals surface area contributed by atoms with Crippen LogP contribution < -0.4 is 21.5 Å². The fourth-order valence-electron chi connectivity index (χ4n) is 2.14. The summed E-state index contributed by atoms with van der Waals surface area (Å²) in [6, 6.07) is 16.0. The van der Waals surface area contributed by atoms with Crippen LogP contribution in [0.5, 0.6) is 0 Å². The third-order valence-electron chi connectivity index (χ3n) is 3.15. The number of benzene rings is 2. The number of pyridine rings is 1. The fraction of sp³-hybridized carbons (Fsp3) is 0.0625. The predicted molar refractivity (Wildman–Crippen MR) is 79.7 cm³/mol. The molecule has 0 atom stereocenters. The van der Waals surface area contributed by atoms with Gasteiger partial charge in [0, 0.05) is 11.5 Å². The van der Waals surface area contributed by atoms with Gasteiger partial charge in [-0.3, -0.25) is 0 Å². The number of rotatable bonds is 2. The van der Waals surface area contributed by atoms with E-state index in [9.17, 15) is 0 Å². The van der Waals surface area contributed by atoms with Crippen LogP contribution in [0.2, 0.25) is 10.0 Å². The molecule has 0 aliphatic heterocycles. The van der Waals surface area contributed by atoms with Crippen molar-refractivity contribution in [3.63, 3.8) is 0 Å². The molecule has 102 valence electrons. The Balaban J connectivity index is 0.00000147. The van der Waals surface area contributed by atoms with E-state index in [0.29, 0.717) is 16.6 Å². The Morgan fingerprint density at radius 3 is 2.15 bits per heavy atom. The molecule has 3 aromatic rings. The van der Waals surface area contributed by atoms with Crippen molar-refractivity contribution in [3.05, 3.63) is 76.5 Å². The molecule has 0 aliphatic rings. The molecular weight excluding hydrogens is 357 g/mol. The molecule has 0 unspecified atom stereocenters. The van der Waals surface area contributed by atoms with Gasteiger partial charge in [-0.1, -0.05) is 47.5 Å². The molecule has 2 aromatic carbocycles. The predicted octanol–water partition coefficient (Wildman–Crippen LogP) is 1.49. The minimum absolute atomic E-state index is 0. The molecule has 0 N–H and O–H groups in total. The van der Waals surface area contributed by atoms with E-state index >= 15 is 0 Å². The molecule has 3 rings (SSSR count). The molecule has 0 spiro atoms. The van der Waals surface area contributed by atoms with E-state index in [2.05, 4.69) is 29.0 Å². The molecule has 0 amide bonds. The average Bonchev–Trinajstić information content (AvgIpc) is 2.43. The van der Waals surface area contributed by atoms with Gasteiger partial charge in [0.1, 0.15) is 0 Å². The van der Waals surface area contributed by atoms with Crippen molar-refractivity contribution < 1.29 is 21.5 Å². The summed E-state index contributed by atoms with van der Waals surface area (Å²) in [6.07, 6.45) is 4.15. The van der Waals surface area contributed by atoms with Crippen LogP contribution in [0.4, 0.5) is 0 Å². The van der Waals surface area contributed by atoms with E-state index in [4.69, 9.17) is 23.2 Å². The van der Waals surface area contributed by atoms with Crippen LogP contribution in [-0.4, -0.2) is 0 Å². The number of aromatic nitrogens is 1. The smallest absolute Gasteiger partial charge is 0.176 e. The Morgan fingerprint density at radius 2 is 1.45 bits per heavy atom. The maximum absolute atomic E-state index is 6.20. The molecule has 0 saturated heterocycles. The average molecular weight is 369 g/mol. The van der Waals surface area contributed by atoms with Crippen molar-refractivity contribution in [1.29, 1.82) is 0 Å². The number of nitrogens with zero attached hydrogens (tertiary/aromatic N) is 1. The third kappa shape index (κ3) is 3.14. The van der Waals surface area contributed by atoms with Gasteiger partial charge in [-0.15, -0.1) is 0 Å².